The summed E-state index contributed by atoms with van der Waals surface area (Å²) in [7, 11) is 0. The number of nitriles is 1. The fourth-order valence-corrected chi connectivity index (χ4v) is 1.60. The molecule has 84 valence electrons. The van der Waals surface area contributed by atoms with E-state index in [1.807, 2.05) is 25.1 Å². The van der Waals surface area contributed by atoms with Crippen molar-refractivity contribution in [3.8, 4) is 6.07 Å². The van der Waals surface area contributed by atoms with E-state index in [9.17, 15) is 0 Å². The van der Waals surface area contributed by atoms with Gasteiger partial charge in [0.05, 0.1) is 23.5 Å². The summed E-state index contributed by atoms with van der Waals surface area (Å²) in [5.74, 6) is 0. The highest BCUT2D eigenvalue weighted by atomic mass is 14.9. The van der Waals surface area contributed by atoms with Crippen LogP contribution in [-0.2, 0) is 6.54 Å². The van der Waals surface area contributed by atoms with Crippen molar-refractivity contribution in [1.82, 2.24) is 9.97 Å². The van der Waals surface area contributed by atoms with Crippen molar-refractivity contribution < 1.29 is 0 Å². The number of aryl methyl sites for hydroxylation is 1. The fourth-order valence-electron chi connectivity index (χ4n) is 1.60. The third-order valence-electron chi connectivity index (χ3n) is 2.48. The number of anilines is 1. The zero-order valence-electron chi connectivity index (χ0n) is 9.51. The van der Waals surface area contributed by atoms with Crippen molar-refractivity contribution in [3.63, 3.8) is 0 Å². The third-order valence-corrected chi connectivity index (χ3v) is 2.48. The van der Waals surface area contributed by atoms with E-state index < -0.39 is 0 Å². The maximum Gasteiger partial charge on any atom is 0.115 e. The van der Waals surface area contributed by atoms with E-state index in [0.717, 1.165) is 16.9 Å². The Labute approximate surface area is 100.0 Å². The van der Waals surface area contributed by atoms with Crippen LogP contribution in [0.15, 0.2) is 36.8 Å². The molecule has 0 aliphatic carbocycles. The van der Waals surface area contributed by atoms with Crippen LogP contribution in [0.5, 0.6) is 0 Å². The predicted molar refractivity (Wildman–Crippen MR) is 65.3 cm³/mol. The molecule has 0 saturated heterocycles. The highest BCUT2D eigenvalue weighted by Crippen LogP contribution is 2.20. The molecule has 0 radical (unpaired) electrons. The standard InChI is InChI=1S/C13H12N4/c1-10-3-2-4-11(7-14)13(10)16-8-12-5-6-15-9-17-12/h2-6,9,16H,8H2,1H3. The molecule has 4 nitrogen and oxygen atoms in total. The number of nitrogens with zero attached hydrogens (tertiary/aromatic N) is 3. The van der Waals surface area contributed by atoms with Gasteiger partial charge in [0.2, 0.25) is 0 Å². The maximum atomic E-state index is 9.02. The minimum absolute atomic E-state index is 0.585. The molecule has 0 fully saturated rings. The van der Waals surface area contributed by atoms with Crippen LogP contribution in [0.2, 0.25) is 0 Å². The number of hydrogen-bond donors (Lipinski definition) is 1. The van der Waals surface area contributed by atoms with Crippen molar-refractivity contribution in [2.24, 2.45) is 0 Å². The van der Waals surface area contributed by atoms with Gasteiger partial charge in [-0.25, -0.2) is 9.97 Å². The minimum atomic E-state index is 0.585. The predicted octanol–water partition coefficient (Wildman–Crippen LogP) is 2.27. The third kappa shape index (κ3) is 2.58. The lowest BCUT2D eigenvalue weighted by Crippen LogP contribution is -2.04. The molecule has 1 N–H and O–H groups in total. The van der Waals surface area contributed by atoms with Gasteiger partial charge in [-0.2, -0.15) is 5.26 Å². The molecule has 1 heterocycles. The molecule has 2 aromatic rings. The van der Waals surface area contributed by atoms with Crippen LogP contribution in [0.3, 0.4) is 0 Å². The van der Waals surface area contributed by atoms with Crippen molar-refractivity contribution >= 4 is 5.69 Å². The summed E-state index contributed by atoms with van der Waals surface area (Å²) in [5, 5.41) is 12.3. The van der Waals surface area contributed by atoms with Crippen LogP contribution in [0.4, 0.5) is 5.69 Å². The number of nitrogens with one attached hydrogen (secondary N) is 1. The molecular formula is C13H12N4. The van der Waals surface area contributed by atoms with Crippen LogP contribution in [0, 0.1) is 18.3 Å². The minimum Gasteiger partial charge on any atom is -0.378 e. The summed E-state index contributed by atoms with van der Waals surface area (Å²) in [6, 6.07) is 9.68. The van der Waals surface area contributed by atoms with E-state index in [2.05, 4.69) is 21.4 Å². The van der Waals surface area contributed by atoms with Gasteiger partial charge in [-0.1, -0.05) is 12.1 Å². The molecule has 0 aliphatic heterocycles. The lowest BCUT2D eigenvalue weighted by atomic mass is 10.1. The van der Waals surface area contributed by atoms with Crippen LogP contribution in [0.25, 0.3) is 0 Å². The molecule has 0 aliphatic rings. The van der Waals surface area contributed by atoms with E-state index in [1.54, 1.807) is 12.3 Å². The number of hydrogen-bond acceptors (Lipinski definition) is 4. The van der Waals surface area contributed by atoms with Crippen molar-refractivity contribution in [3.05, 3.63) is 53.6 Å². The molecule has 1 aromatic carbocycles. The summed E-state index contributed by atoms with van der Waals surface area (Å²) >= 11 is 0. The van der Waals surface area contributed by atoms with E-state index in [0.29, 0.717) is 12.1 Å². The maximum absolute atomic E-state index is 9.02. The molecule has 1 aromatic heterocycles. The second kappa shape index (κ2) is 5.08. The van der Waals surface area contributed by atoms with Gasteiger partial charge in [0, 0.05) is 6.20 Å². The lowest BCUT2D eigenvalue weighted by Gasteiger charge is -2.10. The molecule has 17 heavy (non-hydrogen) atoms. The van der Waals surface area contributed by atoms with Gasteiger partial charge < -0.3 is 5.32 Å². The number of aromatic nitrogens is 2. The van der Waals surface area contributed by atoms with Crippen LogP contribution < -0.4 is 5.32 Å². The highest BCUT2D eigenvalue weighted by Gasteiger charge is 2.04. The molecule has 0 unspecified atom stereocenters. The monoisotopic (exact) mass is 224 g/mol. The number of benzene rings is 1. The average Bonchev–Trinajstić information content (AvgIpc) is 2.38. The molecule has 0 amide bonds. The summed E-state index contributed by atoms with van der Waals surface area (Å²) < 4.78 is 0. The second-order valence-corrected chi connectivity index (χ2v) is 3.66. The van der Waals surface area contributed by atoms with E-state index >= 15 is 0 Å². The molecule has 0 atom stereocenters. The Kier molecular flexibility index (Phi) is 3.31. The Balaban J connectivity index is 2.17. The molecule has 2 rings (SSSR count). The highest BCUT2D eigenvalue weighted by molar-refractivity contribution is 5.62. The van der Waals surface area contributed by atoms with Crippen LogP contribution >= 0.6 is 0 Å². The SMILES string of the molecule is Cc1cccc(C#N)c1NCc1ccncn1. The second-order valence-electron chi connectivity index (χ2n) is 3.66. The largest absolute Gasteiger partial charge is 0.378 e. The Morgan fingerprint density at radius 3 is 2.94 bits per heavy atom. The quantitative estimate of drug-likeness (QED) is 0.868. The zero-order valence-corrected chi connectivity index (χ0v) is 9.51. The summed E-state index contributed by atoms with van der Waals surface area (Å²) in [4.78, 5) is 7.98. The van der Waals surface area contributed by atoms with Gasteiger partial charge >= 0.3 is 0 Å². The Morgan fingerprint density at radius 2 is 2.24 bits per heavy atom. The first-order chi connectivity index (χ1) is 8.31. The van der Waals surface area contributed by atoms with Gasteiger partial charge in [0.25, 0.3) is 0 Å². The molecule has 0 saturated carbocycles. The Bertz CT molecular complexity index is 543. The topological polar surface area (TPSA) is 61.6 Å². The first-order valence-corrected chi connectivity index (χ1v) is 5.29. The molecule has 0 spiro atoms. The van der Waals surface area contributed by atoms with Gasteiger partial charge in [-0.15, -0.1) is 0 Å². The van der Waals surface area contributed by atoms with Gasteiger partial charge in [-0.3, -0.25) is 0 Å². The average molecular weight is 224 g/mol. The fraction of sp³-hybridized carbons (Fsp3) is 0.154. The molecule has 0 bridgehead atoms. The van der Waals surface area contributed by atoms with E-state index in [4.69, 9.17) is 5.26 Å². The molecular weight excluding hydrogens is 212 g/mol. The summed E-state index contributed by atoms with van der Waals surface area (Å²) in [5.41, 5.74) is 3.47. The lowest BCUT2D eigenvalue weighted by molar-refractivity contribution is 1.00. The van der Waals surface area contributed by atoms with Gasteiger partial charge in [0.1, 0.15) is 12.4 Å². The van der Waals surface area contributed by atoms with E-state index in [1.165, 1.54) is 6.33 Å². The van der Waals surface area contributed by atoms with Crippen molar-refractivity contribution in [2.45, 2.75) is 13.5 Å². The summed E-state index contributed by atoms with van der Waals surface area (Å²) in [6.07, 6.45) is 3.22. The first-order valence-electron chi connectivity index (χ1n) is 5.29. The smallest absolute Gasteiger partial charge is 0.115 e. The van der Waals surface area contributed by atoms with Gasteiger partial charge in [-0.05, 0) is 24.6 Å². The van der Waals surface area contributed by atoms with Crippen molar-refractivity contribution in [2.75, 3.05) is 5.32 Å². The Hall–Kier alpha value is -2.41. The van der Waals surface area contributed by atoms with Crippen LogP contribution in [-0.4, -0.2) is 9.97 Å². The van der Waals surface area contributed by atoms with E-state index in [-0.39, 0.29) is 0 Å². The van der Waals surface area contributed by atoms with Crippen molar-refractivity contribution in [1.29, 1.82) is 5.26 Å². The van der Waals surface area contributed by atoms with Gasteiger partial charge in [0.15, 0.2) is 0 Å². The van der Waals surface area contributed by atoms with Crippen LogP contribution in [0.1, 0.15) is 16.8 Å². The Morgan fingerprint density at radius 1 is 1.35 bits per heavy atom. The zero-order chi connectivity index (χ0) is 12.1. The number of rotatable bonds is 3. The first kappa shape index (κ1) is 11.1. The molecule has 4 heteroatoms. The summed E-state index contributed by atoms with van der Waals surface area (Å²) in [6.45, 7) is 2.56. The normalized spacial score (nSPS) is 9.65. The number of para-hydroxylation sites is 1.